The fraction of sp³-hybridized carbons (Fsp3) is 0.176. The van der Waals surface area contributed by atoms with Gasteiger partial charge in [0.15, 0.2) is 13.2 Å². The molecule has 0 bridgehead atoms. The minimum Gasteiger partial charge on any atom is -0.480 e. The zero-order valence-corrected chi connectivity index (χ0v) is 17.3. The van der Waals surface area contributed by atoms with E-state index in [-0.39, 0.29) is 20.8 Å². The average molecular weight is 482 g/mol. The third-order valence-electron chi connectivity index (χ3n) is 3.08. The minimum atomic E-state index is -0.731. The van der Waals surface area contributed by atoms with Gasteiger partial charge < -0.3 is 14.8 Å². The Labute approximate surface area is 173 Å². The molecule has 0 atom stereocenters. The fourth-order valence-electron chi connectivity index (χ4n) is 1.85. The van der Waals surface area contributed by atoms with Gasteiger partial charge >= 0.3 is 5.97 Å². The number of halogens is 4. The summed E-state index contributed by atoms with van der Waals surface area (Å²) in [7, 11) is 0. The van der Waals surface area contributed by atoms with Crippen molar-refractivity contribution in [3.8, 4) is 5.75 Å². The molecule has 1 amide bonds. The van der Waals surface area contributed by atoms with E-state index in [4.69, 9.17) is 44.3 Å². The van der Waals surface area contributed by atoms with Crippen molar-refractivity contribution in [1.29, 1.82) is 0 Å². The molecular weight excluding hydrogens is 468 g/mol. The van der Waals surface area contributed by atoms with Crippen molar-refractivity contribution in [2.75, 3.05) is 18.5 Å². The monoisotopic (exact) mass is 479 g/mol. The lowest BCUT2D eigenvalue weighted by atomic mass is 10.2. The molecule has 0 spiro atoms. The molecule has 2 aromatic rings. The molecular formula is C17H13BrCl3NO4. The Bertz CT molecular complexity index is 845. The fourth-order valence-corrected chi connectivity index (χ4v) is 3.03. The van der Waals surface area contributed by atoms with Crippen molar-refractivity contribution in [3.05, 3.63) is 55.4 Å². The number of rotatable bonds is 6. The summed E-state index contributed by atoms with van der Waals surface area (Å²) in [6.07, 6.45) is 0. The van der Waals surface area contributed by atoms with Gasteiger partial charge in [0, 0.05) is 10.5 Å². The molecule has 5 nitrogen and oxygen atoms in total. The lowest BCUT2D eigenvalue weighted by molar-refractivity contribution is -0.149. The molecule has 0 unspecified atom stereocenters. The molecule has 0 heterocycles. The molecule has 0 saturated heterocycles. The van der Waals surface area contributed by atoms with E-state index >= 15 is 0 Å². The molecule has 2 aromatic carbocycles. The highest BCUT2D eigenvalue weighted by atomic mass is 79.9. The maximum Gasteiger partial charge on any atom is 0.344 e. The Morgan fingerprint density at radius 3 is 2.42 bits per heavy atom. The van der Waals surface area contributed by atoms with Gasteiger partial charge in [-0.2, -0.15) is 0 Å². The lowest BCUT2D eigenvalue weighted by Crippen LogP contribution is -2.23. The highest BCUT2D eigenvalue weighted by molar-refractivity contribution is 9.10. The number of benzene rings is 2. The SMILES string of the molecule is Cc1ccc(NC(=O)COC(=O)COc2cc(Cl)c(Cl)cc2Cl)c(Br)c1. The van der Waals surface area contributed by atoms with Gasteiger partial charge in [-0.05, 0) is 46.6 Å². The number of hydrogen-bond donors (Lipinski definition) is 1. The van der Waals surface area contributed by atoms with Crippen LogP contribution in [-0.2, 0) is 14.3 Å². The van der Waals surface area contributed by atoms with Crippen LogP contribution in [-0.4, -0.2) is 25.1 Å². The molecule has 0 aliphatic heterocycles. The molecule has 0 aliphatic rings. The predicted molar refractivity (Wildman–Crippen MR) is 105 cm³/mol. The number of carbonyl (C=O) groups is 2. The van der Waals surface area contributed by atoms with E-state index in [9.17, 15) is 9.59 Å². The van der Waals surface area contributed by atoms with Crippen molar-refractivity contribution in [2.24, 2.45) is 0 Å². The third-order valence-corrected chi connectivity index (χ3v) is 4.76. The van der Waals surface area contributed by atoms with Crippen LogP contribution < -0.4 is 10.1 Å². The Balaban J connectivity index is 1.81. The highest BCUT2D eigenvalue weighted by Crippen LogP contribution is 2.33. The highest BCUT2D eigenvalue weighted by Gasteiger charge is 2.12. The zero-order valence-electron chi connectivity index (χ0n) is 13.4. The quantitative estimate of drug-likeness (QED) is 0.451. The van der Waals surface area contributed by atoms with Crippen molar-refractivity contribution in [1.82, 2.24) is 0 Å². The molecule has 0 saturated carbocycles. The first-order valence-electron chi connectivity index (χ1n) is 7.25. The summed E-state index contributed by atoms with van der Waals surface area (Å²) >= 11 is 21.0. The third kappa shape index (κ3) is 6.06. The number of hydrogen-bond acceptors (Lipinski definition) is 4. The van der Waals surface area contributed by atoms with Crippen molar-refractivity contribution >= 4 is 68.3 Å². The van der Waals surface area contributed by atoms with Gasteiger partial charge in [0.25, 0.3) is 5.91 Å². The molecule has 0 aliphatic carbocycles. The van der Waals surface area contributed by atoms with Gasteiger partial charge in [0.2, 0.25) is 0 Å². The molecule has 2 rings (SSSR count). The van der Waals surface area contributed by atoms with Crippen molar-refractivity contribution in [3.63, 3.8) is 0 Å². The van der Waals surface area contributed by atoms with Crippen molar-refractivity contribution < 1.29 is 19.1 Å². The van der Waals surface area contributed by atoms with Crippen LogP contribution in [0.3, 0.4) is 0 Å². The maximum absolute atomic E-state index is 11.9. The number of esters is 1. The largest absolute Gasteiger partial charge is 0.480 e. The van der Waals surface area contributed by atoms with Gasteiger partial charge in [-0.25, -0.2) is 4.79 Å². The van der Waals surface area contributed by atoms with Crippen LogP contribution >= 0.6 is 50.7 Å². The van der Waals surface area contributed by atoms with Gasteiger partial charge in [-0.1, -0.05) is 40.9 Å². The molecule has 138 valence electrons. The summed E-state index contributed by atoms with van der Waals surface area (Å²) in [5.41, 5.74) is 1.62. The van der Waals surface area contributed by atoms with Crippen LogP contribution in [0.15, 0.2) is 34.8 Å². The van der Waals surface area contributed by atoms with Crippen molar-refractivity contribution in [2.45, 2.75) is 6.92 Å². The maximum atomic E-state index is 11.9. The first-order valence-corrected chi connectivity index (χ1v) is 9.18. The normalized spacial score (nSPS) is 10.3. The van der Waals surface area contributed by atoms with Gasteiger partial charge in [-0.15, -0.1) is 0 Å². The smallest absolute Gasteiger partial charge is 0.344 e. The van der Waals surface area contributed by atoms with Crippen LogP contribution in [0.25, 0.3) is 0 Å². The van der Waals surface area contributed by atoms with E-state index in [0.717, 1.165) is 10.0 Å². The molecule has 0 radical (unpaired) electrons. The molecule has 0 fully saturated rings. The zero-order chi connectivity index (χ0) is 19.3. The van der Waals surface area contributed by atoms with Crippen LogP contribution in [0, 0.1) is 6.92 Å². The van der Waals surface area contributed by atoms with E-state index in [1.807, 2.05) is 19.1 Å². The Morgan fingerprint density at radius 1 is 1.04 bits per heavy atom. The summed E-state index contributed by atoms with van der Waals surface area (Å²) in [6.45, 7) is 1.05. The van der Waals surface area contributed by atoms with Crippen LogP contribution in [0.5, 0.6) is 5.75 Å². The predicted octanol–water partition coefficient (Wildman–Crippen LogP) is 5.28. The molecule has 0 aromatic heterocycles. The van der Waals surface area contributed by atoms with Crippen LogP contribution in [0.4, 0.5) is 5.69 Å². The van der Waals surface area contributed by atoms with E-state index in [0.29, 0.717) is 5.69 Å². The summed E-state index contributed by atoms with van der Waals surface area (Å²) in [5.74, 6) is -1.02. The Hall–Kier alpha value is -1.47. The second kappa shape index (κ2) is 9.46. The second-order valence-corrected chi connectivity index (χ2v) is 7.25. The van der Waals surface area contributed by atoms with Crippen LogP contribution in [0.2, 0.25) is 15.1 Å². The summed E-state index contributed by atoms with van der Waals surface area (Å²) < 4.78 is 10.8. The number of amides is 1. The summed E-state index contributed by atoms with van der Waals surface area (Å²) in [6, 6.07) is 8.24. The number of nitrogens with one attached hydrogen (secondary N) is 1. The van der Waals surface area contributed by atoms with E-state index in [2.05, 4.69) is 21.2 Å². The van der Waals surface area contributed by atoms with E-state index in [1.54, 1.807) is 6.07 Å². The summed E-state index contributed by atoms with van der Waals surface area (Å²) in [4.78, 5) is 23.6. The summed E-state index contributed by atoms with van der Waals surface area (Å²) in [5, 5.41) is 3.34. The average Bonchev–Trinajstić information content (AvgIpc) is 2.57. The standard InChI is InChI=1S/C17H13BrCl3NO4/c1-9-2-3-14(10(18)4-9)22-16(23)7-26-17(24)8-25-15-6-12(20)11(19)5-13(15)21/h2-6H,7-8H2,1H3,(H,22,23). The molecule has 9 heteroatoms. The second-order valence-electron chi connectivity index (χ2n) is 5.18. The van der Waals surface area contributed by atoms with Gasteiger partial charge in [-0.3, -0.25) is 4.79 Å². The Kier molecular flexibility index (Phi) is 7.58. The first kappa shape index (κ1) is 20.8. The number of ether oxygens (including phenoxy) is 2. The topological polar surface area (TPSA) is 64.6 Å². The lowest BCUT2D eigenvalue weighted by Gasteiger charge is -2.10. The number of aryl methyl sites for hydroxylation is 1. The Morgan fingerprint density at radius 2 is 1.73 bits per heavy atom. The van der Waals surface area contributed by atoms with E-state index in [1.165, 1.54) is 12.1 Å². The van der Waals surface area contributed by atoms with Gasteiger partial charge in [0.05, 0.1) is 20.8 Å². The number of anilines is 1. The molecule has 1 N–H and O–H groups in total. The van der Waals surface area contributed by atoms with E-state index < -0.39 is 25.1 Å². The van der Waals surface area contributed by atoms with Crippen LogP contribution in [0.1, 0.15) is 5.56 Å². The minimum absolute atomic E-state index is 0.186. The molecule has 26 heavy (non-hydrogen) atoms. The van der Waals surface area contributed by atoms with Gasteiger partial charge in [0.1, 0.15) is 5.75 Å². The first-order chi connectivity index (χ1) is 12.3. The number of carbonyl (C=O) groups excluding carboxylic acids is 2.